The molecule has 2 aromatic rings. The summed E-state index contributed by atoms with van der Waals surface area (Å²) < 4.78 is 5.31. The maximum absolute atomic E-state index is 12.3. The number of carbonyl (C=O) groups excluding carboxylic acids is 1. The number of carbonyl (C=O) groups is 2. The minimum Gasteiger partial charge on any atom is -0.478 e. The number of aromatic carboxylic acids is 1. The van der Waals surface area contributed by atoms with Crippen molar-refractivity contribution in [1.82, 2.24) is 5.43 Å². The summed E-state index contributed by atoms with van der Waals surface area (Å²) in [6.07, 6.45) is 0.220. The number of nitrogens with zero attached hydrogens (tertiary/aromatic N) is 1. The number of rotatable bonds is 4. The molecular weight excluding hydrogens is 332 g/mol. The van der Waals surface area contributed by atoms with Gasteiger partial charge in [0, 0.05) is 0 Å². The molecule has 0 bridgehead atoms. The molecule has 1 amide bonds. The third-order valence-corrected chi connectivity index (χ3v) is 4.78. The van der Waals surface area contributed by atoms with Crippen LogP contribution in [-0.2, 0) is 17.8 Å². The smallest absolute Gasteiger partial charge is 0.426 e. The highest BCUT2D eigenvalue weighted by molar-refractivity contribution is 5.88. The van der Waals surface area contributed by atoms with Crippen LogP contribution in [0, 0.1) is 5.92 Å². The summed E-state index contributed by atoms with van der Waals surface area (Å²) in [5.41, 5.74) is 5.66. The zero-order valence-corrected chi connectivity index (χ0v) is 14.8. The molecule has 2 unspecified atom stereocenters. The average molecular weight is 354 g/mol. The molecule has 1 aliphatic heterocycles. The van der Waals surface area contributed by atoms with Crippen molar-refractivity contribution in [3.05, 3.63) is 65.2 Å². The van der Waals surface area contributed by atoms with E-state index in [1.807, 2.05) is 37.3 Å². The third-order valence-electron chi connectivity index (χ3n) is 4.78. The summed E-state index contributed by atoms with van der Waals surface area (Å²) in [5.74, 6) is -0.707. The summed E-state index contributed by atoms with van der Waals surface area (Å²) in [7, 11) is 0. The molecule has 0 aliphatic carbocycles. The number of nitrogens with one attached hydrogen (secondary N) is 1. The standard InChI is InChI=1S/C20H22N2O4/c1-13-10-17-11-16(19(23)24)8-9-18(17)22(14(13)2)21-20(25)26-12-15-6-4-3-5-7-15/h3-9,11,13-14H,10,12H2,1-2H3,(H,21,25)(H,23,24). The van der Waals surface area contributed by atoms with E-state index in [-0.39, 0.29) is 24.1 Å². The van der Waals surface area contributed by atoms with Gasteiger partial charge in [-0.1, -0.05) is 37.3 Å². The van der Waals surface area contributed by atoms with Crippen molar-refractivity contribution in [2.45, 2.75) is 32.9 Å². The predicted octanol–water partition coefficient (Wildman–Crippen LogP) is 3.61. The number of hydrogen-bond donors (Lipinski definition) is 2. The van der Waals surface area contributed by atoms with E-state index in [2.05, 4.69) is 12.3 Å². The van der Waals surface area contributed by atoms with Crippen LogP contribution in [-0.4, -0.2) is 23.2 Å². The fourth-order valence-corrected chi connectivity index (χ4v) is 3.12. The van der Waals surface area contributed by atoms with Crippen molar-refractivity contribution in [2.75, 3.05) is 5.01 Å². The molecule has 0 radical (unpaired) electrons. The molecule has 2 N–H and O–H groups in total. The number of carboxylic acids is 1. The molecule has 6 heteroatoms. The zero-order valence-electron chi connectivity index (χ0n) is 14.8. The van der Waals surface area contributed by atoms with E-state index in [4.69, 9.17) is 4.74 Å². The highest BCUT2D eigenvalue weighted by Gasteiger charge is 2.30. The van der Waals surface area contributed by atoms with Gasteiger partial charge in [0.15, 0.2) is 0 Å². The lowest BCUT2D eigenvalue weighted by molar-refractivity contribution is 0.0696. The Labute approximate surface area is 152 Å². The van der Waals surface area contributed by atoms with Crippen molar-refractivity contribution in [3.63, 3.8) is 0 Å². The lowest BCUT2D eigenvalue weighted by Gasteiger charge is -2.40. The van der Waals surface area contributed by atoms with Gasteiger partial charge in [0.1, 0.15) is 6.61 Å². The molecule has 3 rings (SSSR count). The van der Waals surface area contributed by atoms with Gasteiger partial charge >= 0.3 is 12.1 Å². The van der Waals surface area contributed by atoms with E-state index in [1.54, 1.807) is 23.2 Å². The number of carboxylic acid groups (broad SMARTS) is 1. The van der Waals surface area contributed by atoms with Crippen molar-refractivity contribution in [2.24, 2.45) is 5.92 Å². The van der Waals surface area contributed by atoms with Gasteiger partial charge in [0.25, 0.3) is 0 Å². The first-order valence-electron chi connectivity index (χ1n) is 8.58. The molecule has 2 aromatic carbocycles. The summed E-state index contributed by atoms with van der Waals surface area (Å²) in [4.78, 5) is 23.5. The Balaban J connectivity index is 1.74. The molecule has 0 fully saturated rings. The molecule has 1 aliphatic rings. The number of amides is 1. The van der Waals surface area contributed by atoms with Crippen molar-refractivity contribution in [3.8, 4) is 0 Å². The molecule has 0 aromatic heterocycles. The molecule has 1 heterocycles. The van der Waals surface area contributed by atoms with Crippen LogP contribution in [0.3, 0.4) is 0 Å². The fraction of sp³-hybridized carbons (Fsp3) is 0.300. The van der Waals surface area contributed by atoms with Crippen molar-refractivity contribution < 1.29 is 19.4 Å². The van der Waals surface area contributed by atoms with Gasteiger partial charge in [0.2, 0.25) is 0 Å². The topological polar surface area (TPSA) is 78.9 Å². The Morgan fingerprint density at radius 1 is 1.19 bits per heavy atom. The molecular formula is C20H22N2O4. The van der Waals surface area contributed by atoms with Gasteiger partial charge in [-0.3, -0.25) is 5.01 Å². The van der Waals surface area contributed by atoms with E-state index in [9.17, 15) is 14.7 Å². The summed E-state index contributed by atoms with van der Waals surface area (Å²) in [5, 5.41) is 11.0. The van der Waals surface area contributed by atoms with Gasteiger partial charge in [-0.25, -0.2) is 15.0 Å². The molecule has 26 heavy (non-hydrogen) atoms. The van der Waals surface area contributed by atoms with Crippen LogP contribution >= 0.6 is 0 Å². The van der Waals surface area contributed by atoms with Crippen molar-refractivity contribution in [1.29, 1.82) is 0 Å². The number of hydrogen-bond acceptors (Lipinski definition) is 4. The Morgan fingerprint density at radius 2 is 1.92 bits per heavy atom. The maximum atomic E-state index is 12.3. The van der Waals surface area contributed by atoms with Crippen LogP contribution in [0.5, 0.6) is 0 Å². The third kappa shape index (κ3) is 3.79. The fourth-order valence-electron chi connectivity index (χ4n) is 3.12. The Morgan fingerprint density at radius 3 is 2.62 bits per heavy atom. The molecule has 6 nitrogen and oxygen atoms in total. The second-order valence-corrected chi connectivity index (χ2v) is 6.61. The number of fused-ring (bicyclic) bond motifs is 1. The first-order valence-corrected chi connectivity index (χ1v) is 8.58. The predicted molar refractivity (Wildman–Crippen MR) is 98.0 cm³/mol. The molecule has 0 spiro atoms. The second-order valence-electron chi connectivity index (χ2n) is 6.61. The number of hydrazine groups is 1. The van der Waals surface area contributed by atoms with Crippen LogP contribution in [0.2, 0.25) is 0 Å². The quantitative estimate of drug-likeness (QED) is 0.877. The number of anilines is 1. The Kier molecular flexibility index (Phi) is 5.11. The molecule has 0 saturated carbocycles. The normalized spacial score (nSPS) is 18.8. The Bertz CT molecular complexity index is 807. The van der Waals surface area contributed by atoms with Crippen LogP contribution in [0.4, 0.5) is 10.5 Å². The van der Waals surface area contributed by atoms with Crippen LogP contribution < -0.4 is 10.4 Å². The highest BCUT2D eigenvalue weighted by Crippen LogP contribution is 2.33. The van der Waals surface area contributed by atoms with Gasteiger partial charge in [-0.05, 0) is 48.6 Å². The number of ether oxygens (including phenoxy) is 1. The zero-order chi connectivity index (χ0) is 18.7. The van der Waals surface area contributed by atoms with Gasteiger partial charge in [-0.15, -0.1) is 0 Å². The highest BCUT2D eigenvalue weighted by atomic mass is 16.6. The van der Waals surface area contributed by atoms with Gasteiger partial charge in [0.05, 0.1) is 17.3 Å². The minimum absolute atomic E-state index is 0.0578. The Hall–Kier alpha value is -3.02. The number of benzene rings is 2. The lowest BCUT2D eigenvalue weighted by atomic mass is 9.88. The SMILES string of the molecule is CC1Cc2cc(C(=O)O)ccc2N(NC(=O)OCc2ccccc2)C1C. The summed E-state index contributed by atoms with van der Waals surface area (Å²) in [6, 6.07) is 14.5. The second kappa shape index (κ2) is 7.47. The summed E-state index contributed by atoms with van der Waals surface area (Å²) in [6.45, 7) is 4.29. The van der Waals surface area contributed by atoms with E-state index >= 15 is 0 Å². The first kappa shape index (κ1) is 17.8. The average Bonchev–Trinajstić information content (AvgIpc) is 2.64. The van der Waals surface area contributed by atoms with Crippen LogP contribution in [0.1, 0.15) is 35.3 Å². The van der Waals surface area contributed by atoms with E-state index in [0.29, 0.717) is 0 Å². The van der Waals surface area contributed by atoms with E-state index < -0.39 is 12.1 Å². The van der Waals surface area contributed by atoms with Crippen molar-refractivity contribution >= 4 is 17.7 Å². The molecule has 0 saturated heterocycles. The van der Waals surface area contributed by atoms with E-state index in [0.717, 1.165) is 23.2 Å². The van der Waals surface area contributed by atoms with Gasteiger partial charge in [-0.2, -0.15) is 0 Å². The lowest BCUT2D eigenvalue weighted by Crippen LogP contribution is -2.53. The van der Waals surface area contributed by atoms with Crippen LogP contribution in [0.25, 0.3) is 0 Å². The monoisotopic (exact) mass is 354 g/mol. The first-order chi connectivity index (χ1) is 12.5. The minimum atomic E-state index is -0.958. The van der Waals surface area contributed by atoms with E-state index in [1.165, 1.54) is 0 Å². The van der Waals surface area contributed by atoms with Crippen LogP contribution in [0.15, 0.2) is 48.5 Å². The molecule has 2 atom stereocenters. The summed E-state index contributed by atoms with van der Waals surface area (Å²) >= 11 is 0. The molecule has 136 valence electrons. The van der Waals surface area contributed by atoms with Gasteiger partial charge < -0.3 is 9.84 Å². The largest absolute Gasteiger partial charge is 0.478 e. The maximum Gasteiger partial charge on any atom is 0.426 e.